The Kier molecular flexibility index (Phi) is 3.94. The highest BCUT2D eigenvalue weighted by atomic mass is 15.3. The first-order valence-electron chi connectivity index (χ1n) is 8.60. The summed E-state index contributed by atoms with van der Waals surface area (Å²) >= 11 is 0. The molecule has 0 saturated carbocycles. The first kappa shape index (κ1) is 13.9. The average molecular weight is 296 g/mol. The van der Waals surface area contributed by atoms with Gasteiger partial charge < -0.3 is 5.32 Å². The third-order valence-electron chi connectivity index (χ3n) is 4.97. The van der Waals surface area contributed by atoms with Gasteiger partial charge in [-0.05, 0) is 68.7 Å². The molecule has 1 aliphatic heterocycles. The predicted octanol–water partition coefficient (Wildman–Crippen LogP) is 2.48. The van der Waals surface area contributed by atoms with Crippen molar-refractivity contribution in [1.82, 2.24) is 20.1 Å². The number of hydrogen-bond acceptors (Lipinski definition) is 3. The van der Waals surface area contributed by atoms with E-state index in [2.05, 4.69) is 33.4 Å². The van der Waals surface area contributed by atoms with Crippen molar-refractivity contribution in [3.63, 3.8) is 0 Å². The van der Waals surface area contributed by atoms with Gasteiger partial charge in [-0.25, -0.2) is 0 Å². The van der Waals surface area contributed by atoms with Crippen LogP contribution in [0.15, 0.2) is 24.5 Å². The summed E-state index contributed by atoms with van der Waals surface area (Å²) in [6.07, 6.45) is 12.5. The van der Waals surface area contributed by atoms with Gasteiger partial charge in [-0.15, -0.1) is 0 Å². The summed E-state index contributed by atoms with van der Waals surface area (Å²) in [5.74, 6) is 0. The van der Waals surface area contributed by atoms with E-state index in [1.165, 1.54) is 48.2 Å². The maximum atomic E-state index is 4.88. The van der Waals surface area contributed by atoms with Crippen LogP contribution in [0.1, 0.15) is 47.8 Å². The van der Waals surface area contributed by atoms with Crippen molar-refractivity contribution in [2.75, 3.05) is 13.1 Å². The van der Waals surface area contributed by atoms with Crippen molar-refractivity contribution in [3.8, 4) is 0 Å². The minimum absolute atomic E-state index is 0.538. The molecule has 0 unspecified atom stereocenters. The highest BCUT2D eigenvalue weighted by Crippen LogP contribution is 2.20. The standard InChI is InChI=1S/C18H24N4/c1-2-4-18-15(3-1)6-8-16(21-18)7-5-14-11-20-22(13-14)17-9-10-19-12-17/h6,8,11,13,17,19H,1-5,7,9-10,12H2/t17-/m1/s1. The van der Waals surface area contributed by atoms with Crippen molar-refractivity contribution in [2.24, 2.45) is 0 Å². The molecule has 1 fully saturated rings. The van der Waals surface area contributed by atoms with Crippen molar-refractivity contribution < 1.29 is 0 Å². The van der Waals surface area contributed by atoms with E-state index in [0.29, 0.717) is 6.04 Å². The number of pyridine rings is 1. The Labute approximate surface area is 132 Å². The van der Waals surface area contributed by atoms with E-state index in [9.17, 15) is 0 Å². The minimum atomic E-state index is 0.538. The largest absolute Gasteiger partial charge is 0.315 e. The number of aryl methyl sites for hydroxylation is 4. The SMILES string of the molecule is c1nn([C@@H]2CCNC2)cc1CCc1ccc2c(n1)CCCC2. The maximum Gasteiger partial charge on any atom is 0.0655 e. The van der Waals surface area contributed by atoms with Crippen LogP contribution < -0.4 is 5.32 Å². The summed E-state index contributed by atoms with van der Waals surface area (Å²) in [7, 11) is 0. The number of hydrogen-bond donors (Lipinski definition) is 1. The molecule has 2 aliphatic rings. The molecule has 2 aromatic rings. The van der Waals surface area contributed by atoms with E-state index in [1.807, 2.05) is 6.20 Å². The Hall–Kier alpha value is -1.68. The molecule has 3 heterocycles. The van der Waals surface area contributed by atoms with Gasteiger partial charge in [0.2, 0.25) is 0 Å². The van der Waals surface area contributed by atoms with Crippen LogP contribution in [0.2, 0.25) is 0 Å². The molecule has 4 rings (SSSR count). The summed E-state index contributed by atoms with van der Waals surface area (Å²) in [6, 6.07) is 5.05. The monoisotopic (exact) mass is 296 g/mol. The second-order valence-electron chi connectivity index (χ2n) is 6.59. The van der Waals surface area contributed by atoms with Crippen molar-refractivity contribution in [3.05, 3.63) is 47.0 Å². The fourth-order valence-corrected chi connectivity index (χ4v) is 3.61. The summed E-state index contributed by atoms with van der Waals surface area (Å²) in [4.78, 5) is 4.88. The number of fused-ring (bicyclic) bond motifs is 1. The molecule has 0 aromatic carbocycles. The highest BCUT2D eigenvalue weighted by molar-refractivity contribution is 5.25. The van der Waals surface area contributed by atoms with Gasteiger partial charge in [0, 0.05) is 24.1 Å². The number of nitrogens with one attached hydrogen (secondary N) is 1. The van der Waals surface area contributed by atoms with Gasteiger partial charge in [0.05, 0.1) is 12.2 Å². The lowest BCUT2D eigenvalue weighted by molar-refractivity contribution is 0.490. The molecule has 4 nitrogen and oxygen atoms in total. The molecule has 4 heteroatoms. The molecule has 116 valence electrons. The Bertz CT molecular complexity index is 640. The average Bonchev–Trinajstić information content (AvgIpc) is 3.24. The van der Waals surface area contributed by atoms with E-state index < -0.39 is 0 Å². The molecule has 0 bridgehead atoms. The number of rotatable bonds is 4. The van der Waals surface area contributed by atoms with E-state index in [-0.39, 0.29) is 0 Å². The molecule has 1 atom stereocenters. The van der Waals surface area contributed by atoms with Gasteiger partial charge in [0.25, 0.3) is 0 Å². The van der Waals surface area contributed by atoms with Crippen LogP contribution in [0.3, 0.4) is 0 Å². The van der Waals surface area contributed by atoms with Gasteiger partial charge in [-0.2, -0.15) is 5.10 Å². The maximum absolute atomic E-state index is 4.88. The molecule has 2 aromatic heterocycles. The first-order valence-corrected chi connectivity index (χ1v) is 8.60. The number of nitrogens with zero attached hydrogens (tertiary/aromatic N) is 3. The molecule has 0 amide bonds. The Balaban J connectivity index is 1.40. The van der Waals surface area contributed by atoms with Crippen LogP contribution in [-0.4, -0.2) is 27.9 Å². The third-order valence-corrected chi connectivity index (χ3v) is 4.97. The summed E-state index contributed by atoms with van der Waals surface area (Å²) in [5.41, 5.74) is 5.37. The van der Waals surface area contributed by atoms with E-state index in [4.69, 9.17) is 4.98 Å². The van der Waals surface area contributed by atoms with Gasteiger partial charge in [-0.1, -0.05) is 6.07 Å². The predicted molar refractivity (Wildman–Crippen MR) is 87.0 cm³/mol. The van der Waals surface area contributed by atoms with E-state index >= 15 is 0 Å². The fourth-order valence-electron chi connectivity index (χ4n) is 3.61. The molecule has 22 heavy (non-hydrogen) atoms. The normalized spacial score (nSPS) is 21.0. The molecular formula is C18H24N4. The molecule has 1 N–H and O–H groups in total. The van der Waals surface area contributed by atoms with Crippen molar-refractivity contribution in [2.45, 2.75) is 51.0 Å². The van der Waals surface area contributed by atoms with Gasteiger partial charge in [0.15, 0.2) is 0 Å². The molecule has 1 saturated heterocycles. The highest BCUT2D eigenvalue weighted by Gasteiger charge is 2.17. The van der Waals surface area contributed by atoms with Gasteiger partial charge in [-0.3, -0.25) is 9.67 Å². The summed E-state index contributed by atoms with van der Waals surface area (Å²) in [6.45, 7) is 2.16. The van der Waals surface area contributed by atoms with E-state index in [0.717, 1.165) is 32.4 Å². The lowest BCUT2D eigenvalue weighted by Crippen LogP contribution is -2.13. The van der Waals surface area contributed by atoms with Gasteiger partial charge >= 0.3 is 0 Å². The lowest BCUT2D eigenvalue weighted by Gasteiger charge is -2.15. The summed E-state index contributed by atoms with van der Waals surface area (Å²) in [5, 5.41) is 7.93. The fraction of sp³-hybridized carbons (Fsp3) is 0.556. The first-order chi connectivity index (χ1) is 10.9. The topological polar surface area (TPSA) is 42.7 Å². The van der Waals surface area contributed by atoms with Crippen LogP contribution in [0.25, 0.3) is 0 Å². The van der Waals surface area contributed by atoms with Crippen LogP contribution >= 0.6 is 0 Å². The minimum Gasteiger partial charge on any atom is -0.315 e. The van der Waals surface area contributed by atoms with Gasteiger partial charge in [0.1, 0.15) is 0 Å². The van der Waals surface area contributed by atoms with Crippen molar-refractivity contribution in [1.29, 1.82) is 0 Å². The van der Waals surface area contributed by atoms with Crippen LogP contribution in [0.5, 0.6) is 0 Å². The zero-order valence-electron chi connectivity index (χ0n) is 13.1. The molecule has 0 spiro atoms. The number of aromatic nitrogens is 3. The Morgan fingerprint density at radius 1 is 1.18 bits per heavy atom. The Morgan fingerprint density at radius 3 is 3.05 bits per heavy atom. The zero-order valence-corrected chi connectivity index (χ0v) is 13.1. The van der Waals surface area contributed by atoms with Crippen LogP contribution in [-0.2, 0) is 25.7 Å². The Morgan fingerprint density at radius 2 is 2.14 bits per heavy atom. The third kappa shape index (κ3) is 2.93. The van der Waals surface area contributed by atoms with Crippen LogP contribution in [0.4, 0.5) is 0 Å². The van der Waals surface area contributed by atoms with Crippen LogP contribution in [0, 0.1) is 0 Å². The molecule has 0 radical (unpaired) electrons. The smallest absolute Gasteiger partial charge is 0.0655 e. The molecule has 1 aliphatic carbocycles. The lowest BCUT2D eigenvalue weighted by atomic mass is 9.95. The second-order valence-corrected chi connectivity index (χ2v) is 6.59. The quantitative estimate of drug-likeness (QED) is 0.942. The second kappa shape index (κ2) is 6.21. The summed E-state index contributed by atoms with van der Waals surface area (Å²) < 4.78 is 2.13. The zero-order chi connectivity index (χ0) is 14.8. The molecular weight excluding hydrogens is 272 g/mol. The van der Waals surface area contributed by atoms with Crippen molar-refractivity contribution >= 4 is 0 Å². The van der Waals surface area contributed by atoms with E-state index in [1.54, 1.807) is 0 Å².